The summed E-state index contributed by atoms with van der Waals surface area (Å²) in [5.74, 6) is 1.66. The summed E-state index contributed by atoms with van der Waals surface area (Å²) in [5.41, 5.74) is 13.3. The maximum Gasteiger partial charge on any atom is 0.238 e. The lowest BCUT2D eigenvalue weighted by Gasteiger charge is -2.13. The molecule has 0 spiro atoms. The van der Waals surface area contributed by atoms with Crippen LogP contribution in [-0.2, 0) is 0 Å². The van der Waals surface area contributed by atoms with Crippen molar-refractivity contribution in [2.45, 2.75) is 0 Å². The maximum atomic E-state index is 6.39. The molecule has 6 heteroatoms. The van der Waals surface area contributed by atoms with Crippen molar-refractivity contribution in [2.24, 2.45) is 0 Å². The van der Waals surface area contributed by atoms with Crippen LogP contribution in [0.5, 0.6) is 0 Å². The Bertz CT molecular complexity index is 3880. The van der Waals surface area contributed by atoms with Gasteiger partial charge in [0.05, 0.1) is 22.1 Å². The minimum absolute atomic E-state index is 0.531. The highest BCUT2D eigenvalue weighted by Gasteiger charge is 2.24. The Labute approximate surface area is 361 Å². The topological polar surface area (TPSA) is 61.7 Å². The molecule has 4 heterocycles. The zero-order chi connectivity index (χ0) is 41.4. The molecule has 0 fully saturated rings. The number of rotatable bonds is 6. The predicted octanol–water partition coefficient (Wildman–Crippen LogP) is 14.6. The zero-order valence-corrected chi connectivity index (χ0v) is 33.9. The Morgan fingerprint density at radius 3 is 1.40 bits per heavy atom. The van der Waals surface area contributed by atoms with Gasteiger partial charge in [-0.2, -0.15) is 9.97 Å². The molecule has 0 atom stereocenters. The summed E-state index contributed by atoms with van der Waals surface area (Å²) in [6.45, 7) is 0. The number of hydrogen-bond acceptors (Lipinski definition) is 4. The van der Waals surface area contributed by atoms with Gasteiger partial charge < -0.3 is 8.98 Å². The van der Waals surface area contributed by atoms with Gasteiger partial charge in [0.15, 0.2) is 11.6 Å². The van der Waals surface area contributed by atoms with E-state index in [9.17, 15) is 0 Å². The van der Waals surface area contributed by atoms with Crippen LogP contribution in [0.15, 0.2) is 217 Å². The molecular weight excluding hydrogens is 771 g/mol. The molecule has 0 N–H and O–H groups in total. The van der Waals surface area contributed by atoms with Crippen molar-refractivity contribution in [1.29, 1.82) is 0 Å². The van der Waals surface area contributed by atoms with Crippen LogP contribution in [0.1, 0.15) is 0 Å². The van der Waals surface area contributed by atoms with E-state index in [4.69, 9.17) is 19.4 Å². The van der Waals surface area contributed by atoms with Gasteiger partial charge in [-0.15, -0.1) is 0 Å². The van der Waals surface area contributed by atoms with Crippen LogP contribution in [0.2, 0.25) is 0 Å². The van der Waals surface area contributed by atoms with Crippen LogP contribution in [0.3, 0.4) is 0 Å². The van der Waals surface area contributed by atoms with E-state index in [1.165, 1.54) is 16.5 Å². The van der Waals surface area contributed by atoms with Crippen molar-refractivity contribution in [2.75, 3.05) is 0 Å². The Morgan fingerprint density at radius 1 is 0.302 bits per heavy atom. The second kappa shape index (κ2) is 14.0. The lowest BCUT2D eigenvalue weighted by molar-refractivity contribution is 0.669. The van der Waals surface area contributed by atoms with E-state index in [-0.39, 0.29) is 0 Å². The molecule has 0 aliphatic carbocycles. The van der Waals surface area contributed by atoms with Crippen molar-refractivity contribution >= 4 is 65.6 Å². The maximum absolute atomic E-state index is 6.39. The first kappa shape index (κ1) is 35.2. The molecule has 0 saturated carbocycles. The minimum atomic E-state index is 0.531. The van der Waals surface area contributed by atoms with Gasteiger partial charge >= 0.3 is 0 Å². The summed E-state index contributed by atoms with van der Waals surface area (Å²) in [5, 5.41) is 6.70. The summed E-state index contributed by atoms with van der Waals surface area (Å²) >= 11 is 0. The molecule has 0 bridgehead atoms. The van der Waals surface area contributed by atoms with E-state index in [2.05, 4.69) is 197 Å². The highest BCUT2D eigenvalue weighted by molar-refractivity contribution is 6.23. The van der Waals surface area contributed by atoms with Crippen molar-refractivity contribution < 1.29 is 4.42 Å². The average molecular weight is 806 g/mol. The number of benzene rings is 9. The molecule has 0 aliphatic rings. The van der Waals surface area contributed by atoms with Crippen LogP contribution in [-0.4, -0.2) is 24.1 Å². The summed E-state index contributed by atoms with van der Waals surface area (Å²) < 4.78 is 11.0. The fourth-order valence-corrected chi connectivity index (χ4v) is 9.44. The zero-order valence-electron chi connectivity index (χ0n) is 33.9. The lowest BCUT2D eigenvalue weighted by Crippen LogP contribution is -2.07. The largest absolute Gasteiger partial charge is 0.456 e. The van der Waals surface area contributed by atoms with Crippen molar-refractivity contribution in [3.05, 3.63) is 212 Å². The van der Waals surface area contributed by atoms with Gasteiger partial charge in [-0.05, 0) is 64.7 Å². The normalized spacial score (nSPS) is 11.8. The SMILES string of the molecule is c1ccc(-c2ccc(-c3ccc(-c4nc(-c5ccc6c(c5)oc5ccccc56)nc(-n5c6ccccc6c6ccc7c8ccccc8n(-c8ccccc8)c7c65)n4)cc3)cc2)cc1. The van der Waals surface area contributed by atoms with E-state index >= 15 is 0 Å². The summed E-state index contributed by atoms with van der Waals surface area (Å²) in [7, 11) is 0. The third-order valence-electron chi connectivity index (χ3n) is 12.4. The highest BCUT2D eigenvalue weighted by atomic mass is 16.3. The standard InChI is InChI=1S/C57H35N5O/c1-3-13-36(14-4-1)37-23-25-38(26-24-37)39-27-29-40(30-28-39)55-58-56(41-31-32-46-45-19-9-12-22-51(45)63-52(46)35-41)60-57(59-55)62-50-21-11-8-18-44(50)48-34-33-47-43-17-7-10-20-49(43)61(53(47)54(48)62)42-15-5-2-6-16-42/h1-35H. The Morgan fingerprint density at radius 2 is 0.746 bits per heavy atom. The molecule has 0 amide bonds. The number of aromatic nitrogens is 5. The molecule has 294 valence electrons. The summed E-state index contributed by atoms with van der Waals surface area (Å²) in [6.07, 6.45) is 0. The van der Waals surface area contributed by atoms with Gasteiger partial charge in [-0.1, -0.05) is 170 Å². The number of fused-ring (bicyclic) bond motifs is 10. The molecule has 9 aromatic carbocycles. The van der Waals surface area contributed by atoms with Crippen LogP contribution in [0.25, 0.3) is 122 Å². The lowest BCUT2D eigenvalue weighted by atomic mass is 9.99. The second-order valence-corrected chi connectivity index (χ2v) is 16.0. The van der Waals surface area contributed by atoms with Gasteiger partial charge in [0.2, 0.25) is 5.95 Å². The van der Waals surface area contributed by atoms with Crippen LogP contribution in [0.4, 0.5) is 0 Å². The molecule has 4 aromatic heterocycles. The quantitative estimate of drug-likeness (QED) is 0.168. The van der Waals surface area contributed by atoms with Gasteiger partial charge in [0, 0.05) is 49.1 Å². The highest BCUT2D eigenvalue weighted by Crippen LogP contribution is 2.42. The Balaban J connectivity index is 1.05. The van der Waals surface area contributed by atoms with Crippen LogP contribution >= 0.6 is 0 Å². The van der Waals surface area contributed by atoms with Gasteiger partial charge in [-0.25, -0.2) is 4.98 Å². The number of para-hydroxylation sites is 4. The van der Waals surface area contributed by atoms with E-state index in [0.717, 1.165) is 88.1 Å². The molecule has 0 aliphatic heterocycles. The van der Waals surface area contributed by atoms with Crippen molar-refractivity contribution in [3.63, 3.8) is 0 Å². The van der Waals surface area contributed by atoms with Gasteiger partial charge in [0.25, 0.3) is 0 Å². The molecule has 0 saturated heterocycles. The van der Waals surface area contributed by atoms with Crippen molar-refractivity contribution in [3.8, 4) is 56.7 Å². The van der Waals surface area contributed by atoms with E-state index in [0.29, 0.717) is 17.6 Å². The third-order valence-corrected chi connectivity index (χ3v) is 12.4. The fraction of sp³-hybridized carbons (Fsp3) is 0. The van der Waals surface area contributed by atoms with Gasteiger partial charge in [0.1, 0.15) is 11.2 Å². The molecule has 63 heavy (non-hydrogen) atoms. The smallest absolute Gasteiger partial charge is 0.238 e. The summed E-state index contributed by atoms with van der Waals surface area (Å²) in [4.78, 5) is 16.0. The van der Waals surface area contributed by atoms with Crippen LogP contribution < -0.4 is 0 Å². The summed E-state index contributed by atoms with van der Waals surface area (Å²) in [6, 6.07) is 74.5. The molecule has 13 rings (SSSR count). The van der Waals surface area contributed by atoms with Crippen molar-refractivity contribution in [1.82, 2.24) is 24.1 Å². The van der Waals surface area contributed by atoms with Crippen LogP contribution in [0, 0.1) is 0 Å². The predicted molar refractivity (Wildman–Crippen MR) is 258 cm³/mol. The number of nitrogens with zero attached hydrogens (tertiary/aromatic N) is 5. The Kier molecular flexibility index (Phi) is 7.80. The number of hydrogen-bond donors (Lipinski definition) is 0. The fourth-order valence-electron chi connectivity index (χ4n) is 9.44. The Hall–Kier alpha value is -8.61. The minimum Gasteiger partial charge on any atom is -0.456 e. The second-order valence-electron chi connectivity index (χ2n) is 16.0. The van der Waals surface area contributed by atoms with E-state index < -0.39 is 0 Å². The van der Waals surface area contributed by atoms with E-state index in [1.807, 2.05) is 24.3 Å². The molecule has 6 nitrogen and oxygen atoms in total. The number of furan rings is 1. The molecular formula is C57H35N5O. The third kappa shape index (κ3) is 5.62. The van der Waals surface area contributed by atoms with Gasteiger partial charge in [-0.3, -0.25) is 4.57 Å². The average Bonchev–Trinajstić information content (AvgIpc) is 4.02. The van der Waals surface area contributed by atoms with E-state index in [1.54, 1.807) is 0 Å². The monoisotopic (exact) mass is 805 g/mol. The first-order chi connectivity index (χ1) is 31.2. The molecule has 0 radical (unpaired) electrons. The first-order valence-corrected chi connectivity index (χ1v) is 21.2. The first-order valence-electron chi connectivity index (χ1n) is 21.2. The molecule has 0 unspecified atom stereocenters. The molecule has 13 aromatic rings.